The summed E-state index contributed by atoms with van der Waals surface area (Å²) in [5.41, 5.74) is 1.07. The molecule has 3 aromatic rings. The Bertz CT molecular complexity index is 1380. The van der Waals surface area contributed by atoms with Crippen molar-refractivity contribution in [1.82, 2.24) is 15.1 Å². The molecule has 1 atom stereocenters. The summed E-state index contributed by atoms with van der Waals surface area (Å²) >= 11 is 0. The largest absolute Gasteiger partial charge is 0.348 e. The second-order valence-electron chi connectivity index (χ2n) is 10.2. The summed E-state index contributed by atoms with van der Waals surface area (Å²) < 4.78 is 26.8. The molecule has 2 aliphatic rings. The number of nitrogens with zero attached hydrogens (tertiary/aromatic N) is 3. The molecule has 5 rings (SSSR count). The van der Waals surface area contributed by atoms with Crippen LogP contribution in [-0.4, -0.2) is 59.5 Å². The number of urea groups is 1. The first-order valence-corrected chi connectivity index (χ1v) is 13.2. The van der Waals surface area contributed by atoms with Gasteiger partial charge in [0.05, 0.1) is 12.7 Å². The minimum absolute atomic E-state index is 0.0819. The molecule has 2 aliphatic heterocycles. The van der Waals surface area contributed by atoms with E-state index < -0.39 is 23.2 Å². The second kappa shape index (κ2) is 11.3. The lowest BCUT2D eigenvalue weighted by Gasteiger charge is -2.43. The van der Waals surface area contributed by atoms with E-state index in [2.05, 4.69) is 10.6 Å². The Hall–Kier alpha value is -4.47. The number of halogens is 2. The third kappa shape index (κ3) is 5.47. The van der Waals surface area contributed by atoms with E-state index in [4.69, 9.17) is 0 Å². The number of hydrogen-bond acceptors (Lipinski definition) is 4. The molecule has 2 saturated heterocycles. The van der Waals surface area contributed by atoms with E-state index in [1.54, 1.807) is 9.80 Å². The lowest BCUT2D eigenvalue weighted by molar-refractivity contribution is -0.137. The molecule has 0 saturated carbocycles. The molecule has 2 heterocycles. The normalized spacial score (nSPS) is 17.2. The maximum Gasteiger partial charge on any atom is 0.321 e. The average Bonchev–Trinajstić information content (AvgIpc) is 3.22. The Balaban J connectivity index is 1.28. The predicted molar refractivity (Wildman–Crippen MR) is 147 cm³/mol. The van der Waals surface area contributed by atoms with E-state index in [-0.39, 0.29) is 49.8 Å². The first-order valence-electron chi connectivity index (χ1n) is 13.2. The topological polar surface area (TPSA) is 85.0 Å². The zero-order valence-electron chi connectivity index (χ0n) is 22.1. The van der Waals surface area contributed by atoms with E-state index in [1.165, 1.54) is 6.07 Å². The highest BCUT2D eigenvalue weighted by atomic mass is 19.2. The van der Waals surface area contributed by atoms with Crippen molar-refractivity contribution >= 4 is 29.2 Å². The van der Waals surface area contributed by atoms with Crippen LogP contribution >= 0.6 is 0 Å². The standard InChI is InChI=1S/C30H31F2N5O3/c1-21(22-8-4-2-5-9-22)33-27(38)19-36-20-37(24-10-6-3-7-11-24)30(28(36)39)14-16-35(17-15-30)29(40)34-23-12-13-25(31)26(32)18-23/h2-13,18,21H,14-17,19-20H2,1H3,(H,33,38)(H,34,40). The predicted octanol–water partition coefficient (Wildman–Crippen LogP) is 4.52. The Kier molecular flexibility index (Phi) is 7.68. The van der Waals surface area contributed by atoms with Gasteiger partial charge in [-0.3, -0.25) is 9.59 Å². The summed E-state index contributed by atoms with van der Waals surface area (Å²) in [6, 6.07) is 21.7. The third-order valence-corrected chi connectivity index (χ3v) is 7.64. The molecule has 2 fully saturated rings. The lowest BCUT2D eigenvalue weighted by atomic mass is 9.85. The van der Waals surface area contributed by atoms with Crippen LogP contribution in [0.5, 0.6) is 0 Å². The van der Waals surface area contributed by atoms with Crippen molar-refractivity contribution in [2.45, 2.75) is 31.3 Å². The molecule has 10 heteroatoms. The number of carbonyl (C=O) groups excluding carboxylic acids is 3. The van der Waals surface area contributed by atoms with Crippen LogP contribution in [0.1, 0.15) is 31.4 Å². The van der Waals surface area contributed by atoms with Gasteiger partial charge in [0.15, 0.2) is 11.6 Å². The molecule has 3 aromatic carbocycles. The summed E-state index contributed by atoms with van der Waals surface area (Å²) in [6.45, 7) is 2.61. The number of anilines is 2. The average molecular weight is 548 g/mol. The van der Waals surface area contributed by atoms with Crippen LogP contribution in [0.3, 0.4) is 0 Å². The Morgan fingerprint density at radius 1 is 0.925 bits per heavy atom. The summed E-state index contributed by atoms with van der Waals surface area (Å²) in [7, 11) is 0. The van der Waals surface area contributed by atoms with Crippen molar-refractivity contribution in [3.05, 3.63) is 96.1 Å². The molecule has 208 valence electrons. The van der Waals surface area contributed by atoms with E-state index in [9.17, 15) is 23.2 Å². The fourth-order valence-electron chi connectivity index (χ4n) is 5.46. The molecular formula is C30H31F2N5O3. The van der Waals surface area contributed by atoms with Crippen molar-refractivity contribution in [1.29, 1.82) is 0 Å². The van der Waals surface area contributed by atoms with Crippen LogP contribution in [0, 0.1) is 11.6 Å². The number of piperidine rings is 1. The van der Waals surface area contributed by atoms with Crippen LogP contribution in [0.2, 0.25) is 0 Å². The van der Waals surface area contributed by atoms with Crippen molar-refractivity contribution < 1.29 is 23.2 Å². The Labute approximate surface area is 231 Å². The van der Waals surface area contributed by atoms with Gasteiger partial charge in [-0.25, -0.2) is 13.6 Å². The first kappa shape index (κ1) is 27.1. The fraction of sp³-hybridized carbons (Fsp3) is 0.300. The minimum atomic E-state index is -1.05. The van der Waals surface area contributed by atoms with Crippen molar-refractivity contribution in [3.63, 3.8) is 0 Å². The van der Waals surface area contributed by atoms with E-state index >= 15 is 0 Å². The molecule has 0 bridgehead atoms. The van der Waals surface area contributed by atoms with Gasteiger partial charge in [-0.05, 0) is 49.6 Å². The number of carbonyl (C=O) groups is 3. The molecule has 0 aliphatic carbocycles. The molecule has 0 radical (unpaired) electrons. The second-order valence-corrected chi connectivity index (χ2v) is 10.2. The Morgan fingerprint density at radius 2 is 1.57 bits per heavy atom. The molecule has 1 spiro atoms. The molecule has 4 amide bonds. The number of amides is 4. The van der Waals surface area contributed by atoms with Crippen LogP contribution < -0.4 is 15.5 Å². The summed E-state index contributed by atoms with van der Waals surface area (Å²) in [6.07, 6.45) is 0.703. The van der Waals surface area contributed by atoms with Gasteiger partial charge in [-0.1, -0.05) is 48.5 Å². The van der Waals surface area contributed by atoms with Gasteiger partial charge in [0, 0.05) is 30.5 Å². The fourth-order valence-corrected chi connectivity index (χ4v) is 5.46. The zero-order valence-corrected chi connectivity index (χ0v) is 22.1. The molecule has 1 unspecified atom stereocenters. The van der Waals surface area contributed by atoms with Gasteiger partial charge in [-0.15, -0.1) is 0 Å². The van der Waals surface area contributed by atoms with Crippen molar-refractivity contribution in [3.8, 4) is 0 Å². The number of likely N-dealkylation sites (tertiary alicyclic amines) is 1. The van der Waals surface area contributed by atoms with Crippen molar-refractivity contribution in [2.75, 3.05) is 36.5 Å². The number of para-hydroxylation sites is 1. The molecule has 40 heavy (non-hydrogen) atoms. The molecule has 0 aromatic heterocycles. The maximum atomic E-state index is 13.9. The molecule has 8 nitrogen and oxygen atoms in total. The highest BCUT2D eigenvalue weighted by Crippen LogP contribution is 2.39. The maximum absolute atomic E-state index is 13.9. The number of benzene rings is 3. The lowest BCUT2D eigenvalue weighted by Crippen LogP contribution is -2.58. The van der Waals surface area contributed by atoms with Crippen LogP contribution in [-0.2, 0) is 9.59 Å². The smallest absolute Gasteiger partial charge is 0.321 e. The number of rotatable bonds is 6. The minimum Gasteiger partial charge on any atom is -0.348 e. The number of nitrogens with one attached hydrogen (secondary N) is 2. The van der Waals surface area contributed by atoms with E-state index in [0.717, 1.165) is 23.4 Å². The van der Waals surface area contributed by atoms with Gasteiger partial charge < -0.3 is 25.3 Å². The third-order valence-electron chi connectivity index (χ3n) is 7.64. The first-order chi connectivity index (χ1) is 19.3. The highest BCUT2D eigenvalue weighted by molar-refractivity contribution is 5.97. The van der Waals surface area contributed by atoms with Gasteiger partial charge in [0.1, 0.15) is 12.1 Å². The van der Waals surface area contributed by atoms with Crippen molar-refractivity contribution in [2.24, 2.45) is 0 Å². The SMILES string of the molecule is CC(NC(=O)CN1CN(c2ccccc2)C2(CCN(C(=O)Nc3ccc(F)c(F)c3)CC2)C1=O)c1ccccc1. The van der Waals surface area contributed by atoms with E-state index in [0.29, 0.717) is 12.8 Å². The molecular weight excluding hydrogens is 516 g/mol. The van der Waals surface area contributed by atoms with Crippen LogP contribution in [0.15, 0.2) is 78.9 Å². The summed E-state index contributed by atoms with van der Waals surface area (Å²) in [5, 5.41) is 5.58. The van der Waals surface area contributed by atoms with Gasteiger partial charge in [-0.2, -0.15) is 0 Å². The summed E-state index contributed by atoms with van der Waals surface area (Å²) in [4.78, 5) is 44.9. The Morgan fingerprint density at radius 3 is 2.23 bits per heavy atom. The molecule has 2 N–H and O–H groups in total. The summed E-state index contributed by atoms with van der Waals surface area (Å²) in [5.74, 6) is -2.45. The zero-order chi connectivity index (χ0) is 28.3. The van der Waals surface area contributed by atoms with Crippen LogP contribution in [0.25, 0.3) is 0 Å². The van der Waals surface area contributed by atoms with E-state index in [1.807, 2.05) is 72.5 Å². The monoisotopic (exact) mass is 547 g/mol. The quantitative estimate of drug-likeness (QED) is 0.476. The van der Waals surface area contributed by atoms with Gasteiger partial charge >= 0.3 is 6.03 Å². The van der Waals surface area contributed by atoms with Crippen LogP contribution in [0.4, 0.5) is 25.0 Å². The highest BCUT2D eigenvalue weighted by Gasteiger charge is 2.54. The number of hydrogen-bond donors (Lipinski definition) is 2. The van der Waals surface area contributed by atoms with Gasteiger partial charge in [0.2, 0.25) is 5.91 Å². The van der Waals surface area contributed by atoms with Gasteiger partial charge in [0.25, 0.3) is 5.91 Å².